The van der Waals surface area contributed by atoms with Gasteiger partial charge in [0.25, 0.3) is 11.8 Å². The van der Waals surface area contributed by atoms with Crippen LogP contribution in [0.25, 0.3) is 0 Å². The number of hydrogen-bond acceptors (Lipinski definition) is 6. The lowest BCUT2D eigenvalue weighted by Gasteiger charge is -2.32. The van der Waals surface area contributed by atoms with Crippen molar-refractivity contribution in [1.82, 2.24) is 25.7 Å². The summed E-state index contributed by atoms with van der Waals surface area (Å²) in [6.07, 6.45) is 7.55. The number of nitrogens with zero attached hydrogens (tertiary/aromatic N) is 2. The van der Waals surface area contributed by atoms with Crippen LogP contribution in [0.4, 0.5) is 0 Å². The first-order chi connectivity index (χ1) is 25.4. The first-order valence-corrected chi connectivity index (χ1v) is 18.8. The maximum absolute atomic E-state index is 13.9. The molecule has 1 heterocycles. The van der Waals surface area contributed by atoms with Gasteiger partial charge in [-0.3, -0.25) is 14.4 Å². The molecule has 2 fully saturated rings. The predicted molar refractivity (Wildman–Crippen MR) is 200 cm³/mol. The molecule has 0 unspecified atom stereocenters. The molecule has 11 heteroatoms. The zero-order chi connectivity index (χ0) is 36.1. The van der Waals surface area contributed by atoms with Crippen LogP contribution in [0.1, 0.15) is 89.0 Å². The zero-order valence-electron chi connectivity index (χ0n) is 29.5. The SMILES string of the molecule is O=C(Cn1nc(C(=O)NCCc2ccc(Cl)cc2)cc1C(=O)N[C@H]1CCCC[C@@H]1OCc1ccccc1)N[C@H]1CCCC[C@@H]1OCc1ccccc1. The molecule has 274 valence electrons. The molecule has 3 amide bonds. The predicted octanol–water partition coefficient (Wildman–Crippen LogP) is 6.41. The maximum Gasteiger partial charge on any atom is 0.271 e. The van der Waals surface area contributed by atoms with E-state index in [2.05, 4.69) is 21.0 Å². The number of hydrogen-bond donors (Lipinski definition) is 3. The average molecular weight is 726 g/mol. The lowest BCUT2D eigenvalue weighted by Crippen LogP contribution is -2.48. The number of aromatic nitrogens is 2. The minimum Gasteiger partial charge on any atom is -0.371 e. The summed E-state index contributed by atoms with van der Waals surface area (Å²) in [5, 5.41) is 14.3. The first-order valence-electron chi connectivity index (χ1n) is 18.4. The monoisotopic (exact) mass is 725 g/mol. The highest BCUT2D eigenvalue weighted by molar-refractivity contribution is 6.30. The molecule has 0 aliphatic heterocycles. The Morgan fingerprint density at radius 2 is 1.25 bits per heavy atom. The zero-order valence-corrected chi connectivity index (χ0v) is 30.2. The summed E-state index contributed by atoms with van der Waals surface area (Å²) in [5.74, 6) is -1.12. The quantitative estimate of drug-likeness (QED) is 0.130. The molecule has 4 aromatic rings. The molecule has 1 aromatic heterocycles. The van der Waals surface area contributed by atoms with Crippen molar-refractivity contribution in [1.29, 1.82) is 0 Å². The van der Waals surface area contributed by atoms with Gasteiger partial charge in [0.1, 0.15) is 12.2 Å². The average Bonchev–Trinajstić information content (AvgIpc) is 3.59. The van der Waals surface area contributed by atoms with Crippen molar-refractivity contribution in [3.63, 3.8) is 0 Å². The maximum atomic E-state index is 13.9. The van der Waals surface area contributed by atoms with E-state index in [1.54, 1.807) is 0 Å². The van der Waals surface area contributed by atoms with Gasteiger partial charge in [0.2, 0.25) is 5.91 Å². The van der Waals surface area contributed by atoms with Gasteiger partial charge in [-0.05, 0) is 60.9 Å². The van der Waals surface area contributed by atoms with E-state index in [1.165, 1.54) is 10.7 Å². The molecule has 0 radical (unpaired) electrons. The lowest BCUT2D eigenvalue weighted by atomic mass is 9.92. The van der Waals surface area contributed by atoms with E-state index < -0.39 is 11.8 Å². The van der Waals surface area contributed by atoms with Gasteiger partial charge in [0.05, 0.1) is 37.5 Å². The van der Waals surface area contributed by atoms with Gasteiger partial charge in [0.15, 0.2) is 5.69 Å². The van der Waals surface area contributed by atoms with Crippen molar-refractivity contribution in [3.8, 4) is 0 Å². The third-order valence-electron chi connectivity index (χ3n) is 9.83. The van der Waals surface area contributed by atoms with Crippen LogP contribution in [0.2, 0.25) is 5.02 Å². The highest BCUT2D eigenvalue weighted by Crippen LogP contribution is 2.24. The summed E-state index contributed by atoms with van der Waals surface area (Å²) < 4.78 is 13.9. The molecule has 4 atom stereocenters. The van der Waals surface area contributed by atoms with Crippen LogP contribution in [0.15, 0.2) is 91.0 Å². The van der Waals surface area contributed by atoms with E-state index in [0.717, 1.165) is 68.1 Å². The highest BCUT2D eigenvalue weighted by Gasteiger charge is 2.31. The minimum atomic E-state index is -0.425. The number of rotatable bonds is 15. The Balaban J connectivity index is 1.13. The fraction of sp³-hybridized carbons (Fsp3) is 0.415. The Labute approximate surface area is 310 Å². The summed E-state index contributed by atoms with van der Waals surface area (Å²) in [6.45, 7) is 1.06. The fourth-order valence-corrected chi connectivity index (χ4v) is 7.13. The summed E-state index contributed by atoms with van der Waals surface area (Å²) in [6, 6.07) is 28.5. The highest BCUT2D eigenvalue weighted by atomic mass is 35.5. The Morgan fingerprint density at radius 1 is 0.692 bits per heavy atom. The number of ether oxygens (including phenoxy) is 2. The van der Waals surface area contributed by atoms with Crippen LogP contribution in [0, 0.1) is 0 Å². The molecule has 2 saturated carbocycles. The third kappa shape index (κ3) is 10.8. The van der Waals surface area contributed by atoms with Gasteiger partial charge < -0.3 is 25.4 Å². The normalized spacial score (nSPS) is 20.2. The van der Waals surface area contributed by atoms with E-state index in [9.17, 15) is 14.4 Å². The van der Waals surface area contributed by atoms with E-state index in [-0.39, 0.29) is 48.1 Å². The van der Waals surface area contributed by atoms with E-state index in [0.29, 0.717) is 31.2 Å². The molecule has 3 aromatic carbocycles. The lowest BCUT2D eigenvalue weighted by molar-refractivity contribution is -0.124. The molecule has 3 N–H and O–H groups in total. The van der Waals surface area contributed by atoms with Crippen molar-refractivity contribution in [2.24, 2.45) is 0 Å². The van der Waals surface area contributed by atoms with Gasteiger partial charge in [-0.1, -0.05) is 110 Å². The molecule has 0 spiro atoms. The molecular formula is C41H48ClN5O5. The van der Waals surface area contributed by atoms with Gasteiger partial charge in [0, 0.05) is 17.6 Å². The van der Waals surface area contributed by atoms with Gasteiger partial charge in [-0.15, -0.1) is 0 Å². The second-order valence-electron chi connectivity index (χ2n) is 13.7. The standard InChI is InChI=1S/C41H48ClN5O5/c42-32-21-19-29(20-22-32)23-24-43-40(49)35-25-36(41(50)45-34-16-8-10-18-38(34)52-28-31-13-5-2-6-14-31)47(46-35)26-39(48)44-33-15-7-9-17-37(33)51-27-30-11-3-1-4-12-30/h1-6,11-14,19-22,25,33-34,37-38H,7-10,15-18,23-24,26-28H2,(H,43,49)(H,44,48)(H,45,50)/t33-,34-,37-,38-/m0/s1. The van der Waals surface area contributed by atoms with Crippen LogP contribution >= 0.6 is 11.6 Å². The van der Waals surface area contributed by atoms with Crippen molar-refractivity contribution in [3.05, 3.63) is 124 Å². The van der Waals surface area contributed by atoms with E-state index >= 15 is 0 Å². The van der Waals surface area contributed by atoms with Crippen LogP contribution < -0.4 is 16.0 Å². The van der Waals surface area contributed by atoms with Crippen molar-refractivity contribution < 1.29 is 23.9 Å². The van der Waals surface area contributed by atoms with Gasteiger partial charge >= 0.3 is 0 Å². The molecule has 52 heavy (non-hydrogen) atoms. The topological polar surface area (TPSA) is 124 Å². The molecule has 2 aliphatic rings. The van der Waals surface area contributed by atoms with Crippen LogP contribution in [-0.2, 0) is 40.4 Å². The smallest absolute Gasteiger partial charge is 0.271 e. The number of carbonyl (C=O) groups is 3. The van der Waals surface area contributed by atoms with Crippen molar-refractivity contribution in [2.45, 2.75) is 102 Å². The Kier molecular flexibility index (Phi) is 13.5. The molecule has 2 aliphatic carbocycles. The largest absolute Gasteiger partial charge is 0.371 e. The Bertz CT molecular complexity index is 1750. The number of nitrogens with one attached hydrogen (secondary N) is 3. The summed E-state index contributed by atoms with van der Waals surface area (Å²) in [7, 11) is 0. The summed E-state index contributed by atoms with van der Waals surface area (Å²) in [5.41, 5.74) is 3.38. The molecular weight excluding hydrogens is 678 g/mol. The Morgan fingerprint density at radius 3 is 1.85 bits per heavy atom. The summed E-state index contributed by atoms with van der Waals surface area (Å²) >= 11 is 6.01. The van der Waals surface area contributed by atoms with Crippen LogP contribution in [0.3, 0.4) is 0 Å². The number of halogens is 1. The van der Waals surface area contributed by atoms with Crippen LogP contribution in [0.5, 0.6) is 0 Å². The van der Waals surface area contributed by atoms with Crippen molar-refractivity contribution >= 4 is 29.3 Å². The molecule has 0 saturated heterocycles. The molecule has 6 rings (SSSR count). The molecule has 0 bridgehead atoms. The second-order valence-corrected chi connectivity index (χ2v) is 14.1. The Hall–Kier alpha value is -4.51. The van der Waals surface area contributed by atoms with Crippen molar-refractivity contribution in [2.75, 3.05) is 6.54 Å². The minimum absolute atomic E-state index is 0.0660. The van der Waals surface area contributed by atoms with Gasteiger partial charge in [-0.25, -0.2) is 4.68 Å². The molecule has 10 nitrogen and oxygen atoms in total. The van der Waals surface area contributed by atoms with E-state index in [4.69, 9.17) is 21.1 Å². The number of carbonyl (C=O) groups excluding carboxylic acids is 3. The first kappa shape index (κ1) is 37.3. The van der Waals surface area contributed by atoms with E-state index in [1.807, 2.05) is 84.9 Å². The third-order valence-corrected chi connectivity index (χ3v) is 10.1. The van der Waals surface area contributed by atoms with Crippen LogP contribution in [-0.4, -0.2) is 58.3 Å². The second kappa shape index (κ2) is 18.8. The van der Waals surface area contributed by atoms with Gasteiger partial charge in [-0.2, -0.15) is 5.10 Å². The number of amides is 3. The fourth-order valence-electron chi connectivity index (χ4n) is 7.00. The number of benzene rings is 3. The summed E-state index contributed by atoms with van der Waals surface area (Å²) in [4.78, 5) is 40.8.